The van der Waals surface area contributed by atoms with E-state index in [0.717, 1.165) is 50.5 Å². The standard InChI is InChI=1S/C28H38N2O5/c1-23(27(32)33)29-26(31)18-12-4-2-3-5-13-20-30(21-19-24-14-8-6-9-15-24)28(34)35-22-25-16-10-7-11-17-25/h6-11,14-17,23H,2-5,12-13,18-22H2,1H3,(H,29,31)(H,32,33). The zero-order valence-corrected chi connectivity index (χ0v) is 20.7. The van der Waals surface area contributed by atoms with Crippen molar-refractivity contribution in [2.45, 2.75) is 70.9 Å². The number of unbranched alkanes of at least 4 members (excludes halogenated alkanes) is 5. The molecule has 0 fully saturated rings. The third-order valence-electron chi connectivity index (χ3n) is 5.81. The second-order valence-electron chi connectivity index (χ2n) is 8.76. The molecule has 0 aromatic heterocycles. The van der Waals surface area contributed by atoms with Gasteiger partial charge in [0.2, 0.25) is 5.91 Å². The monoisotopic (exact) mass is 482 g/mol. The molecule has 0 aliphatic rings. The summed E-state index contributed by atoms with van der Waals surface area (Å²) in [6, 6.07) is 18.9. The van der Waals surface area contributed by atoms with Gasteiger partial charge in [-0.15, -0.1) is 0 Å². The molecule has 1 atom stereocenters. The molecule has 0 saturated carbocycles. The molecular weight excluding hydrogens is 444 g/mol. The van der Waals surface area contributed by atoms with Crippen LogP contribution in [0.4, 0.5) is 4.79 Å². The Balaban J connectivity index is 1.67. The van der Waals surface area contributed by atoms with E-state index in [0.29, 0.717) is 19.5 Å². The molecule has 0 heterocycles. The molecule has 0 spiro atoms. The number of benzene rings is 2. The van der Waals surface area contributed by atoms with Gasteiger partial charge in [0, 0.05) is 19.5 Å². The number of carboxylic acid groups (broad SMARTS) is 1. The first-order chi connectivity index (χ1) is 17.0. The maximum atomic E-state index is 12.8. The van der Waals surface area contributed by atoms with Gasteiger partial charge in [-0.1, -0.05) is 86.3 Å². The first-order valence-corrected chi connectivity index (χ1v) is 12.5. The van der Waals surface area contributed by atoms with Crippen LogP contribution in [0.2, 0.25) is 0 Å². The lowest BCUT2D eigenvalue weighted by Gasteiger charge is -2.22. The Labute approximate surface area is 208 Å². The van der Waals surface area contributed by atoms with Crippen LogP contribution in [-0.4, -0.2) is 47.1 Å². The van der Waals surface area contributed by atoms with Crippen LogP contribution in [0.5, 0.6) is 0 Å². The number of rotatable bonds is 16. The molecule has 2 rings (SSSR count). The summed E-state index contributed by atoms with van der Waals surface area (Å²) in [5.74, 6) is -1.25. The smallest absolute Gasteiger partial charge is 0.410 e. The van der Waals surface area contributed by atoms with Crippen LogP contribution in [0.25, 0.3) is 0 Å². The van der Waals surface area contributed by atoms with Crippen molar-refractivity contribution in [3.63, 3.8) is 0 Å². The van der Waals surface area contributed by atoms with E-state index in [1.54, 1.807) is 4.90 Å². The number of amides is 2. The van der Waals surface area contributed by atoms with Gasteiger partial charge in [0.25, 0.3) is 0 Å². The SMILES string of the molecule is CC(NC(=O)CCCCCCCCN(CCc1ccccc1)C(=O)OCc1ccccc1)C(=O)O. The van der Waals surface area contributed by atoms with Crippen molar-refractivity contribution in [3.05, 3.63) is 71.8 Å². The Morgan fingerprint density at radius 1 is 0.829 bits per heavy atom. The highest BCUT2D eigenvalue weighted by molar-refractivity contribution is 5.83. The van der Waals surface area contributed by atoms with E-state index in [1.165, 1.54) is 12.5 Å². The number of carboxylic acids is 1. The van der Waals surface area contributed by atoms with Gasteiger partial charge in [-0.2, -0.15) is 0 Å². The fourth-order valence-electron chi connectivity index (χ4n) is 3.68. The lowest BCUT2D eigenvalue weighted by atomic mass is 10.1. The minimum absolute atomic E-state index is 0.219. The number of nitrogens with one attached hydrogen (secondary N) is 1. The molecule has 2 aromatic carbocycles. The molecular formula is C28H38N2O5. The molecule has 1 unspecified atom stereocenters. The number of carbonyl (C=O) groups is 3. The van der Waals surface area contributed by atoms with Crippen LogP contribution in [0, 0.1) is 0 Å². The minimum atomic E-state index is -1.03. The van der Waals surface area contributed by atoms with Crippen molar-refractivity contribution in [3.8, 4) is 0 Å². The summed E-state index contributed by atoms with van der Waals surface area (Å²) in [6.07, 6.45) is 6.43. The fraction of sp³-hybridized carbons (Fsp3) is 0.464. The van der Waals surface area contributed by atoms with Crippen LogP contribution in [-0.2, 0) is 27.4 Å². The topological polar surface area (TPSA) is 95.9 Å². The number of aliphatic carboxylic acids is 1. The van der Waals surface area contributed by atoms with Gasteiger partial charge in [-0.25, -0.2) is 4.79 Å². The zero-order valence-electron chi connectivity index (χ0n) is 20.7. The summed E-state index contributed by atoms with van der Waals surface area (Å²) in [5, 5.41) is 11.3. The van der Waals surface area contributed by atoms with E-state index in [4.69, 9.17) is 9.84 Å². The van der Waals surface area contributed by atoms with Crippen LogP contribution in [0.15, 0.2) is 60.7 Å². The average Bonchev–Trinajstić information content (AvgIpc) is 2.87. The van der Waals surface area contributed by atoms with Crippen molar-refractivity contribution in [2.75, 3.05) is 13.1 Å². The molecule has 0 aliphatic carbocycles. The number of nitrogens with zero attached hydrogens (tertiary/aromatic N) is 1. The highest BCUT2D eigenvalue weighted by Crippen LogP contribution is 2.11. The Bertz CT molecular complexity index is 889. The van der Waals surface area contributed by atoms with Gasteiger partial charge >= 0.3 is 12.1 Å². The zero-order chi connectivity index (χ0) is 25.3. The predicted molar refractivity (Wildman–Crippen MR) is 136 cm³/mol. The maximum Gasteiger partial charge on any atom is 0.410 e. The van der Waals surface area contributed by atoms with E-state index >= 15 is 0 Å². The Morgan fingerprint density at radius 2 is 1.40 bits per heavy atom. The maximum absolute atomic E-state index is 12.8. The first-order valence-electron chi connectivity index (χ1n) is 12.5. The molecule has 190 valence electrons. The summed E-state index contributed by atoms with van der Waals surface area (Å²) in [7, 11) is 0. The number of hydrogen-bond donors (Lipinski definition) is 2. The van der Waals surface area contributed by atoms with Gasteiger partial charge < -0.3 is 20.1 Å². The Morgan fingerprint density at radius 3 is 2.03 bits per heavy atom. The third kappa shape index (κ3) is 12.1. The number of ether oxygens (including phenoxy) is 1. The lowest BCUT2D eigenvalue weighted by Crippen LogP contribution is -2.38. The molecule has 0 radical (unpaired) electrons. The normalized spacial score (nSPS) is 11.5. The van der Waals surface area contributed by atoms with Crippen molar-refractivity contribution in [1.29, 1.82) is 0 Å². The van der Waals surface area contributed by atoms with Gasteiger partial charge in [0.15, 0.2) is 0 Å². The van der Waals surface area contributed by atoms with Crippen molar-refractivity contribution < 1.29 is 24.2 Å². The molecule has 7 nitrogen and oxygen atoms in total. The molecule has 2 amide bonds. The van der Waals surface area contributed by atoms with E-state index < -0.39 is 12.0 Å². The average molecular weight is 483 g/mol. The van der Waals surface area contributed by atoms with E-state index in [9.17, 15) is 14.4 Å². The van der Waals surface area contributed by atoms with E-state index in [-0.39, 0.29) is 18.6 Å². The number of hydrogen-bond acceptors (Lipinski definition) is 4. The van der Waals surface area contributed by atoms with Gasteiger partial charge in [-0.3, -0.25) is 9.59 Å². The fourth-order valence-corrected chi connectivity index (χ4v) is 3.68. The molecule has 0 saturated heterocycles. The van der Waals surface area contributed by atoms with Gasteiger partial charge in [0.1, 0.15) is 12.6 Å². The Hall–Kier alpha value is -3.35. The molecule has 35 heavy (non-hydrogen) atoms. The van der Waals surface area contributed by atoms with Crippen LogP contribution < -0.4 is 5.32 Å². The summed E-state index contributed by atoms with van der Waals surface area (Å²) in [6.45, 7) is 2.98. The second-order valence-corrected chi connectivity index (χ2v) is 8.76. The van der Waals surface area contributed by atoms with Gasteiger partial charge in [0.05, 0.1) is 0 Å². The van der Waals surface area contributed by atoms with Crippen LogP contribution in [0.3, 0.4) is 0 Å². The summed E-state index contributed by atoms with van der Waals surface area (Å²) < 4.78 is 5.57. The summed E-state index contributed by atoms with van der Waals surface area (Å²) >= 11 is 0. The van der Waals surface area contributed by atoms with Crippen molar-refractivity contribution in [1.82, 2.24) is 10.2 Å². The highest BCUT2D eigenvalue weighted by atomic mass is 16.6. The highest BCUT2D eigenvalue weighted by Gasteiger charge is 2.15. The minimum Gasteiger partial charge on any atom is -0.480 e. The Kier molecular flexibility index (Phi) is 13.0. The van der Waals surface area contributed by atoms with E-state index in [1.807, 2.05) is 48.5 Å². The summed E-state index contributed by atoms with van der Waals surface area (Å²) in [5.41, 5.74) is 2.16. The van der Waals surface area contributed by atoms with E-state index in [2.05, 4.69) is 17.4 Å². The largest absolute Gasteiger partial charge is 0.480 e. The molecule has 0 bridgehead atoms. The molecule has 7 heteroatoms. The van der Waals surface area contributed by atoms with Crippen LogP contribution >= 0.6 is 0 Å². The summed E-state index contributed by atoms with van der Waals surface area (Å²) in [4.78, 5) is 37.0. The van der Waals surface area contributed by atoms with Gasteiger partial charge in [-0.05, 0) is 37.3 Å². The second kappa shape index (κ2) is 16.3. The molecule has 0 aliphatic heterocycles. The number of carbonyl (C=O) groups excluding carboxylic acids is 2. The van der Waals surface area contributed by atoms with Crippen LogP contribution in [0.1, 0.15) is 63.0 Å². The predicted octanol–water partition coefficient (Wildman–Crippen LogP) is 5.19. The third-order valence-corrected chi connectivity index (χ3v) is 5.81. The quantitative estimate of drug-likeness (QED) is 0.321. The molecule has 2 N–H and O–H groups in total. The molecule has 2 aromatic rings. The first kappa shape index (κ1) is 27.9. The van der Waals surface area contributed by atoms with Crippen molar-refractivity contribution >= 4 is 18.0 Å². The van der Waals surface area contributed by atoms with Crippen molar-refractivity contribution in [2.24, 2.45) is 0 Å². The lowest BCUT2D eigenvalue weighted by molar-refractivity contribution is -0.141.